The summed E-state index contributed by atoms with van der Waals surface area (Å²) in [6.45, 7) is 5.10. The molecule has 1 atom stereocenters. The van der Waals surface area contributed by atoms with Crippen molar-refractivity contribution in [3.05, 3.63) is 0 Å². The second-order valence-electron chi connectivity index (χ2n) is 5.22. The summed E-state index contributed by atoms with van der Waals surface area (Å²) in [4.78, 5) is 23.2. The molecule has 0 aliphatic carbocycles. The van der Waals surface area contributed by atoms with Crippen molar-refractivity contribution in [2.45, 2.75) is 38.8 Å². The van der Waals surface area contributed by atoms with Gasteiger partial charge >= 0.3 is 6.09 Å². The van der Waals surface area contributed by atoms with Gasteiger partial charge in [0.2, 0.25) is 0 Å². The number of carbonyl (C=O) groups is 2. The second kappa shape index (κ2) is 7.23. The van der Waals surface area contributed by atoms with Gasteiger partial charge in [-0.25, -0.2) is 13.2 Å². The van der Waals surface area contributed by atoms with Gasteiger partial charge < -0.3 is 10.1 Å². The first-order valence-electron chi connectivity index (χ1n) is 5.70. The Morgan fingerprint density at radius 2 is 1.84 bits per heavy atom. The third-order valence-corrected chi connectivity index (χ3v) is 3.52. The number of alkyl carbamates (subject to hydrolysis) is 1. The molecule has 6 nitrogen and oxygen atoms in total. The van der Waals surface area contributed by atoms with Gasteiger partial charge in [-0.15, -0.1) is 0 Å². The minimum absolute atomic E-state index is 0.0303. The van der Waals surface area contributed by atoms with Crippen molar-refractivity contribution in [2.24, 2.45) is 0 Å². The van der Waals surface area contributed by atoms with E-state index in [1.807, 2.05) is 0 Å². The minimum Gasteiger partial charge on any atom is -0.444 e. The molecule has 1 N–H and O–H groups in total. The van der Waals surface area contributed by atoms with Crippen LogP contribution >= 0.6 is 15.9 Å². The number of hydrogen-bond donors (Lipinski definition) is 1. The lowest BCUT2D eigenvalue weighted by Gasteiger charge is -2.22. The summed E-state index contributed by atoms with van der Waals surface area (Å²) in [5.41, 5.74) is -0.678. The summed E-state index contributed by atoms with van der Waals surface area (Å²) in [6, 6.07) is -0.871. The predicted octanol–water partition coefficient (Wildman–Crippen LogP) is 1.28. The van der Waals surface area contributed by atoms with Crippen molar-refractivity contribution in [1.82, 2.24) is 5.32 Å². The van der Waals surface area contributed by atoms with Gasteiger partial charge in [0.1, 0.15) is 15.4 Å². The highest BCUT2D eigenvalue weighted by Gasteiger charge is 2.24. The second-order valence-corrected chi connectivity index (χ2v) is 8.04. The van der Waals surface area contributed by atoms with Crippen LogP contribution in [-0.2, 0) is 19.4 Å². The lowest BCUT2D eigenvalue weighted by atomic mass is 10.1. The van der Waals surface area contributed by atoms with E-state index in [0.29, 0.717) is 0 Å². The van der Waals surface area contributed by atoms with Gasteiger partial charge in [0.05, 0.1) is 17.1 Å². The monoisotopic (exact) mass is 357 g/mol. The molecule has 0 spiro atoms. The Labute approximate surface area is 122 Å². The first-order chi connectivity index (χ1) is 8.44. The molecular weight excluding hydrogens is 338 g/mol. The molecular formula is C11H20BrNO5S. The van der Waals surface area contributed by atoms with E-state index in [4.69, 9.17) is 4.74 Å². The molecule has 0 aliphatic heterocycles. The molecule has 0 saturated carbocycles. The molecule has 8 heteroatoms. The third-order valence-electron chi connectivity index (χ3n) is 1.99. The lowest BCUT2D eigenvalue weighted by molar-refractivity contribution is -0.118. The molecule has 0 heterocycles. The average molecular weight is 358 g/mol. The van der Waals surface area contributed by atoms with E-state index in [1.54, 1.807) is 20.8 Å². The maximum Gasteiger partial charge on any atom is 0.408 e. The molecule has 19 heavy (non-hydrogen) atoms. The smallest absolute Gasteiger partial charge is 0.408 e. The summed E-state index contributed by atoms with van der Waals surface area (Å²) >= 11 is 3.00. The standard InChI is InChI=1S/C11H20BrNO5S/c1-11(2,3)18-10(15)13-8(9(14)7-12)5-6-19(4,16)17/h8H,5-7H2,1-4H3,(H,13,15). The van der Waals surface area contributed by atoms with Gasteiger partial charge in [-0.3, -0.25) is 4.79 Å². The number of halogens is 1. The summed E-state index contributed by atoms with van der Waals surface area (Å²) in [6.07, 6.45) is 0.374. The van der Waals surface area contributed by atoms with Gasteiger partial charge in [-0.2, -0.15) is 0 Å². The minimum atomic E-state index is -3.19. The molecule has 0 fully saturated rings. The highest BCUT2D eigenvalue weighted by Crippen LogP contribution is 2.08. The average Bonchev–Trinajstić information content (AvgIpc) is 2.19. The lowest BCUT2D eigenvalue weighted by Crippen LogP contribution is -2.44. The zero-order chi connectivity index (χ0) is 15.3. The van der Waals surface area contributed by atoms with Crippen molar-refractivity contribution in [1.29, 1.82) is 0 Å². The van der Waals surface area contributed by atoms with Gasteiger partial charge in [0.25, 0.3) is 0 Å². The normalized spacial score (nSPS) is 13.7. The van der Waals surface area contributed by atoms with Crippen LogP contribution in [0.5, 0.6) is 0 Å². The summed E-state index contributed by atoms with van der Waals surface area (Å²) in [7, 11) is -3.19. The summed E-state index contributed by atoms with van der Waals surface area (Å²) in [5, 5.41) is 2.43. The summed E-state index contributed by atoms with van der Waals surface area (Å²) < 4.78 is 27.2. The fraction of sp³-hybridized carbons (Fsp3) is 0.818. The molecule has 0 aromatic heterocycles. The molecule has 0 aliphatic rings. The van der Waals surface area contributed by atoms with Crippen LogP contribution in [0.3, 0.4) is 0 Å². The maximum atomic E-state index is 11.6. The van der Waals surface area contributed by atoms with E-state index in [2.05, 4.69) is 21.2 Å². The highest BCUT2D eigenvalue weighted by atomic mass is 79.9. The van der Waals surface area contributed by atoms with Gasteiger partial charge in [0, 0.05) is 6.26 Å². The number of amides is 1. The zero-order valence-corrected chi connectivity index (χ0v) is 13.9. The summed E-state index contributed by atoms with van der Waals surface area (Å²) in [5.74, 6) is -0.471. The van der Waals surface area contributed by atoms with E-state index in [1.165, 1.54) is 0 Å². The van der Waals surface area contributed by atoms with Gasteiger partial charge in [-0.05, 0) is 27.2 Å². The Bertz CT molecular complexity index is 427. The van der Waals surface area contributed by atoms with Crippen molar-refractivity contribution >= 4 is 37.6 Å². The number of hydrogen-bond acceptors (Lipinski definition) is 5. The quantitative estimate of drug-likeness (QED) is 0.723. The van der Waals surface area contributed by atoms with E-state index in [-0.39, 0.29) is 23.3 Å². The number of rotatable bonds is 6. The topological polar surface area (TPSA) is 89.5 Å². The van der Waals surface area contributed by atoms with E-state index < -0.39 is 27.6 Å². The molecule has 0 bridgehead atoms. The van der Waals surface area contributed by atoms with Crippen LogP contribution in [-0.4, -0.2) is 49.3 Å². The third kappa shape index (κ3) is 9.89. The zero-order valence-electron chi connectivity index (χ0n) is 11.5. The van der Waals surface area contributed by atoms with E-state index in [0.717, 1.165) is 6.26 Å². The van der Waals surface area contributed by atoms with Crippen LogP contribution in [0.1, 0.15) is 27.2 Å². The van der Waals surface area contributed by atoms with E-state index >= 15 is 0 Å². The first kappa shape index (κ1) is 18.4. The van der Waals surface area contributed by atoms with Crippen molar-refractivity contribution in [3.8, 4) is 0 Å². The number of nitrogens with one attached hydrogen (secondary N) is 1. The number of ketones is 1. The Morgan fingerprint density at radius 1 is 1.32 bits per heavy atom. The Morgan fingerprint density at radius 3 is 2.21 bits per heavy atom. The molecule has 1 unspecified atom stereocenters. The molecule has 0 radical (unpaired) electrons. The van der Waals surface area contributed by atoms with Crippen LogP contribution in [0.2, 0.25) is 0 Å². The molecule has 1 amide bonds. The van der Waals surface area contributed by atoms with Crippen molar-refractivity contribution in [3.63, 3.8) is 0 Å². The fourth-order valence-corrected chi connectivity index (χ4v) is 2.24. The van der Waals surface area contributed by atoms with Crippen molar-refractivity contribution < 1.29 is 22.7 Å². The van der Waals surface area contributed by atoms with Crippen LogP contribution in [0.15, 0.2) is 0 Å². The fourth-order valence-electron chi connectivity index (χ4n) is 1.19. The van der Waals surface area contributed by atoms with Crippen LogP contribution in [0, 0.1) is 0 Å². The largest absolute Gasteiger partial charge is 0.444 e. The molecule has 0 saturated heterocycles. The molecule has 0 rings (SSSR count). The Hall–Kier alpha value is -0.630. The number of sulfone groups is 1. The van der Waals surface area contributed by atoms with Crippen LogP contribution < -0.4 is 5.32 Å². The predicted molar refractivity (Wildman–Crippen MR) is 76.3 cm³/mol. The highest BCUT2D eigenvalue weighted by molar-refractivity contribution is 9.09. The van der Waals surface area contributed by atoms with E-state index in [9.17, 15) is 18.0 Å². The van der Waals surface area contributed by atoms with Crippen LogP contribution in [0.25, 0.3) is 0 Å². The van der Waals surface area contributed by atoms with Crippen LogP contribution in [0.4, 0.5) is 4.79 Å². The Kier molecular flexibility index (Phi) is 6.99. The molecule has 0 aromatic rings. The van der Waals surface area contributed by atoms with Crippen molar-refractivity contribution in [2.75, 3.05) is 17.3 Å². The maximum absolute atomic E-state index is 11.6. The molecule has 0 aromatic carbocycles. The number of alkyl halides is 1. The number of ether oxygens (including phenoxy) is 1. The number of carbonyl (C=O) groups excluding carboxylic acids is 2. The first-order valence-corrected chi connectivity index (χ1v) is 8.89. The SMILES string of the molecule is CC(C)(C)OC(=O)NC(CCS(C)(=O)=O)C(=O)CBr. The van der Waals surface area contributed by atoms with Gasteiger partial charge in [0.15, 0.2) is 5.78 Å². The number of Topliss-reactive ketones (excluding diaryl/α,β-unsaturated/α-hetero) is 1. The Balaban J connectivity index is 4.61. The molecule has 112 valence electrons. The van der Waals surface area contributed by atoms with Gasteiger partial charge in [-0.1, -0.05) is 15.9 Å².